The first-order valence-corrected chi connectivity index (χ1v) is 10.3. The second-order valence-corrected chi connectivity index (χ2v) is 8.19. The van der Waals surface area contributed by atoms with Gasteiger partial charge in [0, 0.05) is 53.7 Å². The lowest BCUT2D eigenvalue weighted by molar-refractivity contribution is 0.259. The summed E-state index contributed by atoms with van der Waals surface area (Å²) in [6, 6.07) is 20.0. The molecule has 1 aliphatic heterocycles. The summed E-state index contributed by atoms with van der Waals surface area (Å²) < 4.78 is 11.4. The van der Waals surface area contributed by atoms with Gasteiger partial charge in [0.2, 0.25) is 0 Å². The minimum absolute atomic E-state index is 0.464. The molecule has 24 heavy (non-hydrogen) atoms. The molecule has 0 spiro atoms. The van der Waals surface area contributed by atoms with E-state index in [1.165, 1.54) is 5.56 Å². The van der Waals surface area contributed by atoms with E-state index in [0.717, 1.165) is 30.8 Å². The monoisotopic (exact) mass is 342 g/mol. The van der Waals surface area contributed by atoms with Crippen LogP contribution in [0.5, 0.6) is 0 Å². The molecule has 2 aromatic carbocycles. The van der Waals surface area contributed by atoms with Gasteiger partial charge in [0.05, 0.1) is 0 Å². The number of nitrogens with zero attached hydrogens (tertiary/aromatic N) is 1. The van der Waals surface area contributed by atoms with Crippen LogP contribution in [0.2, 0.25) is 0 Å². The largest absolute Gasteiger partial charge is 0.381 e. The highest BCUT2D eigenvalue weighted by Crippen LogP contribution is 2.23. The third-order valence-electron chi connectivity index (χ3n) is 4.60. The third-order valence-corrected chi connectivity index (χ3v) is 5.34. The third kappa shape index (κ3) is 4.68. The Bertz CT molecular complexity index is 689. The van der Waals surface area contributed by atoms with Crippen molar-refractivity contribution in [3.05, 3.63) is 65.7 Å². The second-order valence-electron chi connectivity index (χ2n) is 6.76. The summed E-state index contributed by atoms with van der Waals surface area (Å²) in [5.41, 5.74) is 3.64. The Labute approximate surface area is 147 Å². The number of anilines is 1. The van der Waals surface area contributed by atoms with Crippen LogP contribution in [0.3, 0.4) is 0 Å². The van der Waals surface area contributed by atoms with E-state index in [2.05, 4.69) is 59.6 Å². The minimum atomic E-state index is -0.799. The van der Waals surface area contributed by atoms with Crippen molar-refractivity contribution >= 4 is 16.5 Å². The Morgan fingerprint density at radius 1 is 1.12 bits per heavy atom. The first-order chi connectivity index (χ1) is 11.6. The number of hydrogen-bond donors (Lipinski definition) is 1. The Hall–Kier alpha value is -1.65. The molecule has 0 unspecified atom stereocenters. The Morgan fingerprint density at radius 2 is 1.88 bits per heavy atom. The van der Waals surface area contributed by atoms with Gasteiger partial charge in [-0.1, -0.05) is 42.5 Å². The van der Waals surface area contributed by atoms with Crippen molar-refractivity contribution in [2.75, 3.05) is 18.1 Å². The topological polar surface area (TPSA) is 32.3 Å². The van der Waals surface area contributed by atoms with Gasteiger partial charge in [-0.2, -0.15) is 0 Å². The maximum atomic E-state index is 11.4. The molecule has 0 amide bonds. The molecular weight excluding hydrogens is 316 g/mol. The molecule has 0 aromatic heterocycles. The number of nitrogens with one attached hydrogen (secondary N) is 1. The molecule has 3 atom stereocenters. The molecular formula is C20H26N2OS. The van der Waals surface area contributed by atoms with E-state index in [0.29, 0.717) is 17.8 Å². The molecule has 1 aliphatic rings. The fourth-order valence-corrected chi connectivity index (χ4v) is 4.11. The molecule has 3 rings (SSSR count). The minimum Gasteiger partial charge on any atom is -0.381 e. The van der Waals surface area contributed by atoms with E-state index < -0.39 is 10.8 Å². The van der Waals surface area contributed by atoms with Gasteiger partial charge >= 0.3 is 0 Å². The predicted octanol–water partition coefficient (Wildman–Crippen LogP) is 3.64. The SMILES string of the molecule is C[C@@H]1C[C@H](Nc2cccc(C[S@](C)=O)c2)CN1Cc1ccccc1. The fraction of sp³-hybridized carbons (Fsp3) is 0.400. The van der Waals surface area contributed by atoms with Gasteiger partial charge < -0.3 is 5.32 Å². The zero-order chi connectivity index (χ0) is 16.9. The maximum Gasteiger partial charge on any atom is 0.0483 e. The summed E-state index contributed by atoms with van der Waals surface area (Å²) in [7, 11) is -0.799. The fourth-order valence-electron chi connectivity index (χ4n) is 3.46. The smallest absolute Gasteiger partial charge is 0.0483 e. The first-order valence-electron chi connectivity index (χ1n) is 8.53. The van der Waals surface area contributed by atoms with Crippen LogP contribution in [-0.2, 0) is 23.1 Å². The van der Waals surface area contributed by atoms with Crippen molar-refractivity contribution in [2.24, 2.45) is 0 Å². The van der Waals surface area contributed by atoms with Gasteiger partial charge in [-0.25, -0.2) is 0 Å². The van der Waals surface area contributed by atoms with Crippen molar-refractivity contribution in [2.45, 2.75) is 37.7 Å². The van der Waals surface area contributed by atoms with Crippen LogP contribution in [0.25, 0.3) is 0 Å². The highest BCUT2D eigenvalue weighted by atomic mass is 32.2. The van der Waals surface area contributed by atoms with Crippen LogP contribution in [0.4, 0.5) is 5.69 Å². The summed E-state index contributed by atoms with van der Waals surface area (Å²) in [5.74, 6) is 0.622. The van der Waals surface area contributed by atoms with Gasteiger partial charge in [-0.05, 0) is 36.6 Å². The summed E-state index contributed by atoms with van der Waals surface area (Å²) >= 11 is 0. The molecule has 1 N–H and O–H groups in total. The van der Waals surface area contributed by atoms with Gasteiger partial charge in [-0.3, -0.25) is 9.11 Å². The second kappa shape index (κ2) is 7.95. The predicted molar refractivity (Wildman–Crippen MR) is 103 cm³/mol. The van der Waals surface area contributed by atoms with Crippen LogP contribution in [0.1, 0.15) is 24.5 Å². The molecule has 1 saturated heterocycles. The Kier molecular flexibility index (Phi) is 5.69. The first kappa shape index (κ1) is 17.2. The summed E-state index contributed by atoms with van der Waals surface area (Å²) in [4.78, 5) is 2.54. The summed E-state index contributed by atoms with van der Waals surface area (Å²) in [6.45, 7) is 4.37. The van der Waals surface area contributed by atoms with E-state index in [-0.39, 0.29) is 0 Å². The lowest BCUT2D eigenvalue weighted by Gasteiger charge is -2.21. The van der Waals surface area contributed by atoms with Crippen LogP contribution >= 0.6 is 0 Å². The molecule has 3 nitrogen and oxygen atoms in total. The van der Waals surface area contributed by atoms with E-state index in [9.17, 15) is 4.21 Å². The van der Waals surface area contributed by atoms with E-state index in [1.807, 2.05) is 12.1 Å². The van der Waals surface area contributed by atoms with E-state index in [1.54, 1.807) is 6.26 Å². The Balaban J connectivity index is 1.60. The standard InChI is InChI=1S/C20H26N2OS/c1-16-11-20(14-22(16)13-17-7-4-3-5-8-17)21-19-10-6-9-18(12-19)15-24(2)23/h3-10,12,16,20-21H,11,13-15H2,1-2H3/t16-,20+,24+/m1/s1. The van der Waals surface area contributed by atoms with Gasteiger partial charge in [0.15, 0.2) is 0 Å². The van der Waals surface area contributed by atoms with Gasteiger partial charge in [0.1, 0.15) is 0 Å². The number of hydrogen-bond acceptors (Lipinski definition) is 3. The van der Waals surface area contributed by atoms with Crippen molar-refractivity contribution < 1.29 is 4.21 Å². The molecule has 0 aliphatic carbocycles. The highest BCUT2D eigenvalue weighted by molar-refractivity contribution is 7.83. The van der Waals surface area contributed by atoms with Gasteiger partial charge in [-0.15, -0.1) is 0 Å². The normalized spacial score (nSPS) is 22.4. The molecule has 0 radical (unpaired) electrons. The van der Waals surface area contributed by atoms with Crippen molar-refractivity contribution in [1.82, 2.24) is 4.90 Å². The van der Waals surface area contributed by atoms with E-state index >= 15 is 0 Å². The molecule has 1 fully saturated rings. The Morgan fingerprint density at radius 3 is 2.62 bits per heavy atom. The zero-order valence-electron chi connectivity index (χ0n) is 14.4. The number of benzene rings is 2. The molecule has 2 aromatic rings. The molecule has 4 heteroatoms. The molecule has 0 bridgehead atoms. The molecule has 0 saturated carbocycles. The van der Waals surface area contributed by atoms with Crippen LogP contribution in [-0.4, -0.2) is 34.0 Å². The van der Waals surface area contributed by atoms with Crippen molar-refractivity contribution in [3.8, 4) is 0 Å². The average Bonchev–Trinajstić information content (AvgIpc) is 2.87. The number of rotatable bonds is 6. The zero-order valence-corrected chi connectivity index (χ0v) is 15.3. The summed E-state index contributed by atoms with van der Waals surface area (Å²) in [5, 5.41) is 3.66. The lowest BCUT2D eigenvalue weighted by atomic mass is 10.1. The maximum absolute atomic E-state index is 11.4. The molecule has 1 heterocycles. The average molecular weight is 343 g/mol. The van der Waals surface area contributed by atoms with Crippen LogP contribution < -0.4 is 5.32 Å². The summed E-state index contributed by atoms with van der Waals surface area (Å²) in [6.07, 6.45) is 2.90. The van der Waals surface area contributed by atoms with E-state index in [4.69, 9.17) is 0 Å². The lowest BCUT2D eigenvalue weighted by Crippen LogP contribution is -2.28. The highest BCUT2D eigenvalue weighted by Gasteiger charge is 2.28. The quantitative estimate of drug-likeness (QED) is 0.870. The van der Waals surface area contributed by atoms with Crippen molar-refractivity contribution in [1.29, 1.82) is 0 Å². The van der Waals surface area contributed by atoms with Crippen LogP contribution in [0, 0.1) is 0 Å². The van der Waals surface area contributed by atoms with Crippen LogP contribution in [0.15, 0.2) is 54.6 Å². The molecule has 128 valence electrons. The number of likely N-dealkylation sites (tertiary alicyclic amines) is 1. The van der Waals surface area contributed by atoms with Crippen molar-refractivity contribution in [3.63, 3.8) is 0 Å². The van der Waals surface area contributed by atoms with Gasteiger partial charge in [0.25, 0.3) is 0 Å².